The molecule has 2 rings (SSSR count). The number of hydrogen-bond acceptors (Lipinski definition) is 3. The van der Waals surface area contributed by atoms with Gasteiger partial charge in [-0.2, -0.15) is 0 Å². The van der Waals surface area contributed by atoms with Gasteiger partial charge in [0.25, 0.3) is 0 Å². The Morgan fingerprint density at radius 2 is 2.35 bits per heavy atom. The number of amides is 1. The molecule has 0 unspecified atom stereocenters. The lowest BCUT2D eigenvalue weighted by molar-refractivity contribution is -0.122. The predicted octanol–water partition coefficient (Wildman–Crippen LogP) is 1.31. The van der Waals surface area contributed by atoms with E-state index >= 15 is 0 Å². The molecule has 0 spiro atoms. The van der Waals surface area contributed by atoms with Crippen LogP contribution in [0.3, 0.4) is 0 Å². The maximum Gasteiger partial charge on any atom is 0.222 e. The molecule has 2 heterocycles. The lowest BCUT2D eigenvalue weighted by Crippen LogP contribution is -2.46. The van der Waals surface area contributed by atoms with Crippen molar-refractivity contribution in [1.29, 1.82) is 0 Å². The first-order chi connectivity index (χ1) is 8.09. The van der Waals surface area contributed by atoms with Crippen molar-refractivity contribution < 1.29 is 9.18 Å². The number of primary amides is 1. The van der Waals surface area contributed by atoms with Crippen LogP contribution < -0.4 is 10.6 Å². The SMILES string of the molecule is C[C@H]1CC[C@H](C(N)=O)CN1c1ncccc1F. The lowest BCUT2D eigenvalue weighted by atomic mass is 9.93. The number of halogens is 1. The Bertz CT molecular complexity index is 424. The Hall–Kier alpha value is -1.65. The van der Waals surface area contributed by atoms with Crippen molar-refractivity contribution in [2.45, 2.75) is 25.8 Å². The fourth-order valence-corrected chi connectivity index (χ4v) is 2.22. The summed E-state index contributed by atoms with van der Waals surface area (Å²) in [6.07, 6.45) is 3.14. The van der Waals surface area contributed by atoms with Crippen molar-refractivity contribution in [2.24, 2.45) is 11.7 Å². The van der Waals surface area contributed by atoms with Gasteiger partial charge in [0.1, 0.15) is 0 Å². The zero-order chi connectivity index (χ0) is 12.4. The topological polar surface area (TPSA) is 59.2 Å². The van der Waals surface area contributed by atoms with Gasteiger partial charge in [0.2, 0.25) is 5.91 Å². The van der Waals surface area contributed by atoms with Gasteiger partial charge in [0.05, 0.1) is 5.92 Å². The molecule has 0 aliphatic carbocycles. The number of rotatable bonds is 2. The smallest absolute Gasteiger partial charge is 0.222 e. The van der Waals surface area contributed by atoms with Crippen LogP contribution in [-0.2, 0) is 4.79 Å². The fraction of sp³-hybridized carbons (Fsp3) is 0.500. The van der Waals surface area contributed by atoms with Crippen LogP contribution in [0.2, 0.25) is 0 Å². The van der Waals surface area contributed by atoms with Crippen LogP contribution in [0.25, 0.3) is 0 Å². The molecule has 0 radical (unpaired) electrons. The number of pyridine rings is 1. The number of carbonyl (C=O) groups excluding carboxylic acids is 1. The largest absolute Gasteiger partial charge is 0.369 e. The predicted molar refractivity (Wildman–Crippen MR) is 62.9 cm³/mol. The van der Waals surface area contributed by atoms with Gasteiger partial charge in [-0.05, 0) is 31.9 Å². The summed E-state index contributed by atoms with van der Waals surface area (Å²) in [6.45, 7) is 2.45. The van der Waals surface area contributed by atoms with E-state index in [1.165, 1.54) is 6.07 Å². The zero-order valence-electron chi connectivity index (χ0n) is 9.77. The van der Waals surface area contributed by atoms with Crippen LogP contribution >= 0.6 is 0 Å². The van der Waals surface area contributed by atoms with Crippen molar-refractivity contribution >= 4 is 11.7 Å². The van der Waals surface area contributed by atoms with E-state index in [2.05, 4.69) is 4.98 Å². The van der Waals surface area contributed by atoms with Gasteiger partial charge in [-0.3, -0.25) is 4.79 Å². The summed E-state index contributed by atoms with van der Waals surface area (Å²) in [7, 11) is 0. The molecule has 1 aromatic rings. The summed E-state index contributed by atoms with van der Waals surface area (Å²) in [4.78, 5) is 17.1. The van der Waals surface area contributed by atoms with E-state index in [9.17, 15) is 9.18 Å². The molecule has 0 aromatic carbocycles. The second-order valence-corrected chi connectivity index (χ2v) is 4.49. The minimum atomic E-state index is -0.357. The standard InChI is InChI=1S/C12H16FN3O/c1-8-4-5-9(11(14)17)7-16(8)12-10(13)3-2-6-15-12/h2-3,6,8-9H,4-5,7H2,1H3,(H2,14,17)/t8-,9-/m0/s1. The minimum absolute atomic E-state index is 0.176. The van der Waals surface area contributed by atoms with Crippen LogP contribution in [0.4, 0.5) is 10.2 Å². The maximum atomic E-state index is 13.7. The Labute approximate surface area is 99.6 Å². The van der Waals surface area contributed by atoms with Gasteiger partial charge in [-0.15, -0.1) is 0 Å². The van der Waals surface area contributed by atoms with E-state index < -0.39 is 0 Å². The quantitative estimate of drug-likeness (QED) is 0.843. The molecule has 2 N–H and O–H groups in total. The van der Waals surface area contributed by atoms with Crippen LogP contribution in [0.15, 0.2) is 18.3 Å². The van der Waals surface area contributed by atoms with E-state index in [-0.39, 0.29) is 23.7 Å². The molecule has 17 heavy (non-hydrogen) atoms. The van der Waals surface area contributed by atoms with E-state index in [1.54, 1.807) is 12.3 Å². The van der Waals surface area contributed by atoms with E-state index in [1.807, 2.05) is 11.8 Å². The molecule has 1 aliphatic heterocycles. The number of carbonyl (C=O) groups is 1. The first-order valence-electron chi connectivity index (χ1n) is 5.76. The monoisotopic (exact) mass is 237 g/mol. The Morgan fingerprint density at radius 3 is 3.00 bits per heavy atom. The van der Waals surface area contributed by atoms with Gasteiger partial charge in [0.15, 0.2) is 11.6 Å². The molecule has 1 saturated heterocycles. The van der Waals surface area contributed by atoms with E-state index in [0.29, 0.717) is 12.4 Å². The zero-order valence-corrected chi connectivity index (χ0v) is 9.77. The first kappa shape index (κ1) is 11.8. The second kappa shape index (κ2) is 4.69. The average molecular weight is 237 g/mol. The van der Waals surface area contributed by atoms with Gasteiger partial charge in [-0.1, -0.05) is 0 Å². The number of anilines is 1. The minimum Gasteiger partial charge on any atom is -0.369 e. The Morgan fingerprint density at radius 1 is 1.59 bits per heavy atom. The highest BCUT2D eigenvalue weighted by Gasteiger charge is 2.30. The molecule has 1 amide bonds. The molecule has 0 saturated carbocycles. The van der Waals surface area contributed by atoms with Gasteiger partial charge < -0.3 is 10.6 Å². The fourth-order valence-electron chi connectivity index (χ4n) is 2.22. The summed E-state index contributed by atoms with van der Waals surface area (Å²) < 4.78 is 13.7. The summed E-state index contributed by atoms with van der Waals surface area (Å²) in [6, 6.07) is 3.11. The van der Waals surface area contributed by atoms with Crippen molar-refractivity contribution in [2.75, 3.05) is 11.4 Å². The molecule has 1 aliphatic rings. The molecule has 92 valence electrons. The van der Waals surface area contributed by atoms with Crippen LogP contribution in [0.5, 0.6) is 0 Å². The molecule has 1 fully saturated rings. The number of piperidine rings is 1. The van der Waals surface area contributed by atoms with Gasteiger partial charge >= 0.3 is 0 Å². The number of nitrogens with zero attached hydrogens (tertiary/aromatic N) is 2. The maximum absolute atomic E-state index is 13.7. The number of nitrogens with two attached hydrogens (primary N) is 1. The Kier molecular flexibility index (Phi) is 3.26. The van der Waals surface area contributed by atoms with Gasteiger partial charge in [0, 0.05) is 18.8 Å². The average Bonchev–Trinajstić information content (AvgIpc) is 2.30. The normalized spacial score (nSPS) is 24.7. The first-order valence-corrected chi connectivity index (χ1v) is 5.76. The summed E-state index contributed by atoms with van der Waals surface area (Å²) in [5.74, 6) is -0.582. The highest BCUT2D eigenvalue weighted by molar-refractivity contribution is 5.77. The lowest BCUT2D eigenvalue weighted by Gasteiger charge is -2.37. The third kappa shape index (κ3) is 2.38. The molecule has 0 bridgehead atoms. The number of hydrogen-bond donors (Lipinski definition) is 1. The molecular formula is C12H16FN3O. The highest BCUT2D eigenvalue weighted by Crippen LogP contribution is 2.27. The summed E-state index contributed by atoms with van der Waals surface area (Å²) in [5.41, 5.74) is 5.31. The molecule has 1 aromatic heterocycles. The number of aromatic nitrogens is 1. The highest BCUT2D eigenvalue weighted by atomic mass is 19.1. The second-order valence-electron chi connectivity index (χ2n) is 4.49. The molecule has 4 nitrogen and oxygen atoms in total. The van der Waals surface area contributed by atoms with E-state index in [0.717, 1.165) is 12.8 Å². The van der Waals surface area contributed by atoms with Crippen molar-refractivity contribution in [3.8, 4) is 0 Å². The van der Waals surface area contributed by atoms with Crippen molar-refractivity contribution in [1.82, 2.24) is 4.98 Å². The molecular weight excluding hydrogens is 221 g/mol. The molecule has 5 heteroatoms. The third-order valence-corrected chi connectivity index (χ3v) is 3.30. The molecule has 2 atom stereocenters. The Balaban J connectivity index is 2.24. The summed E-state index contributed by atoms with van der Waals surface area (Å²) >= 11 is 0. The van der Waals surface area contributed by atoms with Crippen molar-refractivity contribution in [3.05, 3.63) is 24.1 Å². The van der Waals surface area contributed by atoms with Gasteiger partial charge in [-0.25, -0.2) is 9.37 Å². The van der Waals surface area contributed by atoms with Crippen LogP contribution in [-0.4, -0.2) is 23.5 Å². The third-order valence-electron chi connectivity index (χ3n) is 3.30. The van der Waals surface area contributed by atoms with E-state index in [4.69, 9.17) is 5.73 Å². The summed E-state index contributed by atoms with van der Waals surface area (Å²) in [5, 5.41) is 0. The van der Waals surface area contributed by atoms with Crippen molar-refractivity contribution in [3.63, 3.8) is 0 Å². The van der Waals surface area contributed by atoms with Crippen LogP contribution in [0.1, 0.15) is 19.8 Å². The van der Waals surface area contributed by atoms with Crippen LogP contribution in [0, 0.1) is 11.7 Å².